The summed E-state index contributed by atoms with van der Waals surface area (Å²) in [4.78, 5) is 9.21. The number of aromatic nitrogens is 3. The van der Waals surface area contributed by atoms with Crippen LogP contribution >= 0.6 is 11.6 Å². The minimum atomic E-state index is -0.000514. The van der Waals surface area contributed by atoms with Gasteiger partial charge in [-0.15, -0.1) is 11.6 Å². The van der Waals surface area contributed by atoms with Crippen molar-refractivity contribution in [3.8, 4) is 0 Å². The molecule has 1 aliphatic heterocycles. The van der Waals surface area contributed by atoms with Crippen LogP contribution in [0.25, 0.3) is 11.2 Å². The molecule has 2 aromatic heterocycles. The van der Waals surface area contributed by atoms with Crippen LogP contribution in [-0.4, -0.2) is 27.7 Å². The number of fused-ring (bicyclic) bond motifs is 1. The average molecular weight is 280 g/mol. The van der Waals surface area contributed by atoms with Gasteiger partial charge in [0.05, 0.1) is 5.88 Å². The lowest BCUT2D eigenvalue weighted by Gasteiger charge is -2.36. The van der Waals surface area contributed by atoms with Crippen molar-refractivity contribution >= 4 is 22.8 Å². The van der Waals surface area contributed by atoms with Crippen LogP contribution in [0.3, 0.4) is 0 Å². The van der Waals surface area contributed by atoms with Crippen LogP contribution in [0.4, 0.5) is 0 Å². The van der Waals surface area contributed by atoms with Gasteiger partial charge in [0.2, 0.25) is 0 Å². The van der Waals surface area contributed by atoms with Crippen molar-refractivity contribution in [2.24, 2.45) is 0 Å². The van der Waals surface area contributed by atoms with Gasteiger partial charge in [0.1, 0.15) is 11.3 Å². The van der Waals surface area contributed by atoms with Crippen molar-refractivity contribution in [1.29, 1.82) is 0 Å². The summed E-state index contributed by atoms with van der Waals surface area (Å²) in [5, 5.41) is 0. The van der Waals surface area contributed by atoms with Crippen LogP contribution < -0.4 is 0 Å². The number of hydrogen-bond acceptors (Lipinski definition) is 3. The number of alkyl halides is 1. The van der Waals surface area contributed by atoms with Gasteiger partial charge in [0.15, 0.2) is 5.65 Å². The molecule has 3 rings (SSSR count). The molecule has 1 aliphatic rings. The Balaban J connectivity index is 2.20. The first-order valence-corrected chi connectivity index (χ1v) is 7.16. The van der Waals surface area contributed by atoms with Crippen LogP contribution in [0.15, 0.2) is 12.3 Å². The summed E-state index contributed by atoms with van der Waals surface area (Å²) in [6, 6.07) is 2.07. The maximum Gasteiger partial charge on any atom is 0.160 e. The minimum absolute atomic E-state index is 0.000514. The molecule has 2 aromatic rings. The average Bonchev–Trinajstić information content (AvgIpc) is 2.77. The highest BCUT2D eigenvalue weighted by atomic mass is 35.5. The predicted molar refractivity (Wildman–Crippen MR) is 75.5 cm³/mol. The summed E-state index contributed by atoms with van der Waals surface area (Å²) in [5.41, 5.74) is 2.99. The Morgan fingerprint density at radius 3 is 2.84 bits per heavy atom. The topological polar surface area (TPSA) is 39.9 Å². The van der Waals surface area contributed by atoms with Gasteiger partial charge in [-0.2, -0.15) is 0 Å². The second-order valence-electron chi connectivity index (χ2n) is 5.46. The highest BCUT2D eigenvalue weighted by Crippen LogP contribution is 2.33. The van der Waals surface area contributed by atoms with Crippen LogP contribution in [0.1, 0.15) is 31.2 Å². The number of pyridine rings is 1. The van der Waals surface area contributed by atoms with Gasteiger partial charge < -0.3 is 9.30 Å². The number of imidazole rings is 1. The molecule has 0 radical (unpaired) electrons. The molecular formula is C14H18ClN3O. The zero-order valence-electron chi connectivity index (χ0n) is 11.3. The van der Waals surface area contributed by atoms with Gasteiger partial charge in [-0.3, -0.25) is 0 Å². The third-order valence-corrected chi connectivity index (χ3v) is 4.17. The Kier molecular flexibility index (Phi) is 3.23. The van der Waals surface area contributed by atoms with Gasteiger partial charge in [-0.25, -0.2) is 9.97 Å². The molecule has 0 aromatic carbocycles. The fraction of sp³-hybridized carbons (Fsp3) is 0.571. The zero-order valence-corrected chi connectivity index (χ0v) is 12.1. The molecule has 3 heterocycles. The molecule has 0 saturated carbocycles. The van der Waals surface area contributed by atoms with E-state index in [0.29, 0.717) is 5.88 Å². The van der Waals surface area contributed by atoms with E-state index in [1.54, 1.807) is 0 Å². The molecule has 4 nitrogen and oxygen atoms in total. The normalized spacial score (nSPS) is 18.9. The third-order valence-electron chi connectivity index (χ3n) is 3.93. The van der Waals surface area contributed by atoms with Gasteiger partial charge in [0, 0.05) is 24.9 Å². The van der Waals surface area contributed by atoms with Crippen LogP contribution in [0.2, 0.25) is 0 Å². The SMILES string of the molecule is Cc1cnc2c(c1)nc(CCl)n2C1(C)CCOCC1. The first kappa shape index (κ1) is 12.9. The molecule has 5 heteroatoms. The fourth-order valence-electron chi connectivity index (χ4n) is 2.80. The summed E-state index contributed by atoms with van der Waals surface area (Å²) < 4.78 is 7.70. The van der Waals surface area contributed by atoms with Crippen molar-refractivity contribution in [2.75, 3.05) is 13.2 Å². The van der Waals surface area contributed by atoms with E-state index in [0.717, 1.165) is 48.6 Å². The molecular weight excluding hydrogens is 262 g/mol. The Morgan fingerprint density at radius 2 is 2.16 bits per heavy atom. The Bertz CT molecular complexity index is 602. The maximum absolute atomic E-state index is 6.08. The monoisotopic (exact) mass is 279 g/mol. The largest absolute Gasteiger partial charge is 0.381 e. The highest BCUT2D eigenvalue weighted by Gasteiger charge is 2.33. The summed E-state index contributed by atoms with van der Waals surface area (Å²) in [7, 11) is 0. The smallest absolute Gasteiger partial charge is 0.160 e. The Hall–Kier alpha value is -1.13. The van der Waals surface area contributed by atoms with E-state index in [2.05, 4.69) is 27.5 Å². The van der Waals surface area contributed by atoms with Crippen LogP contribution in [-0.2, 0) is 16.2 Å². The first-order chi connectivity index (χ1) is 9.14. The van der Waals surface area contributed by atoms with E-state index in [1.807, 2.05) is 13.1 Å². The van der Waals surface area contributed by atoms with Gasteiger partial charge in [0.25, 0.3) is 0 Å². The van der Waals surface area contributed by atoms with Gasteiger partial charge in [-0.05, 0) is 38.3 Å². The molecule has 0 aliphatic carbocycles. The molecule has 1 saturated heterocycles. The fourth-order valence-corrected chi connectivity index (χ4v) is 2.98. The Labute approximate surface area is 117 Å². The lowest BCUT2D eigenvalue weighted by molar-refractivity contribution is 0.0300. The molecule has 0 amide bonds. The Morgan fingerprint density at radius 1 is 1.42 bits per heavy atom. The van der Waals surface area contributed by atoms with E-state index in [1.165, 1.54) is 0 Å². The molecule has 1 fully saturated rings. The summed E-state index contributed by atoms with van der Waals surface area (Å²) in [6.07, 6.45) is 3.83. The van der Waals surface area contributed by atoms with Crippen molar-refractivity contribution in [3.63, 3.8) is 0 Å². The van der Waals surface area contributed by atoms with Crippen molar-refractivity contribution in [1.82, 2.24) is 14.5 Å². The molecule has 0 N–H and O–H groups in total. The van der Waals surface area contributed by atoms with E-state index in [-0.39, 0.29) is 5.54 Å². The lowest BCUT2D eigenvalue weighted by atomic mass is 9.92. The van der Waals surface area contributed by atoms with Crippen LogP contribution in [0.5, 0.6) is 0 Å². The number of rotatable bonds is 2. The first-order valence-electron chi connectivity index (χ1n) is 6.62. The van der Waals surface area contributed by atoms with E-state index in [9.17, 15) is 0 Å². The van der Waals surface area contributed by atoms with Crippen molar-refractivity contribution in [3.05, 3.63) is 23.7 Å². The molecule has 102 valence electrons. The number of nitrogens with zero attached hydrogens (tertiary/aromatic N) is 3. The maximum atomic E-state index is 6.08. The predicted octanol–water partition coefficient (Wildman–Crippen LogP) is 3.00. The minimum Gasteiger partial charge on any atom is -0.381 e. The third kappa shape index (κ3) is 2.13. The second kappa shape index (κ2) is 4.76. The summed E-state index contributed by atoms with van der Waals surface area (Å²) in [6.45, 7) is 5.84. The number of aryl methyl sites for hydroxylation is 1. The van der Waals surface area contributed by atoms with E-state index in [4.69, 9.17) is 16.3 Å². The second-order valence-corrected chi connectivity index (χ2v) is 5.73. The molecule has 19 heavy (non-hydrogen) atoms. The quantitative estimate of drug-likeness (QED) is 0.794. The molecule has 0 atom stereocenters. The summed E-state index contributed by atoms with van der Waals surface area (Å²) in [5.74, 6) is 1.31. The van der Waals surface area contributed by atoms with Crippen molar-refractivity contribution in [2.45, 2.75) is 38.1 Å². The molecule has 0 unspecified atom stereocenters. The van der Waals surface area contributed by atoms with Gasteiger partial charge >= 0.3 is 0 Å². The molecule has 0 spiro atoms. The van der Waals surface area contributed by atoms with Crippen molar-refractivity contribution < 1.29 is 4.74 Å². The van der Waals surface area contributed by atoms with Crippen LogP contribution in [0, 0.1) is 6.92 Å². The standard InChI is InChI=1S/C14H18ClN3O/c1-10-7-11-13(16-9-10)18(12(8-15)17-11)14(2)3-5-19-6-4-14/h7,9H,3-6,8H2,1-2H3. The summed E-state index contributed by atoms with van der Waals surface area (Å²) >= 11 is 6.08. The molecule has 0 bridgehead atoms. The zero-order chi connectivity index (χ0) is 13.5. The number of hydrogen-bond donors (Lipinski definition) is 0. The lowest BCUT2D eigenvalue weighted by Crippen LogP contribution is -2.37. The van der Waals surface area contributed by atoms with Gasteiger partial charge in [-0.1, -0.05) is 0 Å². The van der Waals surface area contributed by atoms with E-state index >= 15 is 0 Å². The number of halogens is 1. The highest BCUT2D eigenvalue weighted by molar-refractivity contribution is 6.16. The van der Waals surface area contributed by atoms with E-state index < -0.39 is 0 Å². The number of ether oxygens (including phenoxy) is 1.